The largest absolute Gasteiger partial charge is 0.396 e. The Balaban J connectivity index is 2.80. The average molecular weight is 320 g/mol. The predicted octanol–water partition coefficient (Wildman–Crippen LogP) is 2.27. The number of carbonyl (C=O) groups is 2. The molecule has 0 radical (unpaired) electrons. The molecule has 0 bridgehead atoms. The molecule has 5 heteroatoms. The van der Waals surface area contributed by atoms with E-state index < -0.39 is 11.8 Å². The van der Waals surface area contributed by atoms with E-state index in [4.69, 9.17) is 5.11 Å². The van der Waals surface area contributed by atoms with Crippen molar-refractivity contribution in [3.8, 4) is 0 Å². The number of hydrogen-bond acceptors (Lipinski definition) is 3. The van der Waals surface area contributed by atoms with Gasteiger partial charge in [-0.2, -0.15) is 0 Å². The molecule has 0 aromatic heterocycles. The van der Waals surface area contributed by atoms with Crippen LogP contribution in [0.3, 0.4) is 0 Å². The average Bonchev–Trinajstić information content (AvgIpc) is 2.53. The lowest BCUT2D eigenvalue weighted by molar-refractivity contribution is -0.136. The standard InChI is InChI=1S/C18H28N2O3/c1-5-13-7-8-14(6-2)16(11-13)20-18(23)17(22)19-15(9-10-21)12(3)4/h7-8,11-12,15,21H,5-6,9-10H2,1-4H3,(H,19,22)(H,20,23). The van der Waals surface area contributed by atoms with E-state index in [1.165, 1.54) is 0 Å². The normalized spacial score (nSPS) is 12.1. The van der Waals surface area contributed by atoms with Gasteiger partial charge in [0.1, 0.15) is 0 Å². The van der Waals surface area contributed by atoms with Crippen LogP contribution in [-0.4, -0.2) is 29.6 Å². The summed E-state index contributed by atoms with van der Waals surface area (Å²) in [4.78, 5) is 24.2. The van der Waals surface area contributed by atoms with E-state index in [1.54, 1.807) is 0 Å². The molecule has 1 unspecified atom stereocenters. The number of aryl methyl sites for hydroxylation is 2. The minimum absolute atomic E-state index is 0.0245. The second-order valence-corrected chi connectivity index (χ2v) is 5.99. The zero-order valence-electron chi connectivity index (χ0n) is 14.5. The van der Waals surface area contributed by atoms with Crippen LogP contribution >= 0.6 is 0 Å². The van der Waals surface area contributed by atoms with Crippen LogP contribution in [0.25, 0.3) is 0 Å². The molecular formula is C18H28N2O3. The molecule has 3 N–H and O–H groups in total. The van der Waals surface area contributed by atoms with Crippen molar-refractivity contribution in [2.24, 2.45) is 5.92 Å². The van der Waals surface area contributed by atoms with Gasteiger partial charge in [-0.1, -0.05) is 39.8 Å². The Morgan fingerprint density at radius 3 is 2.35 bits per heavy atom. The highest BCUT2D eigenvalue weighted by Crippen LogP contribution is 2.19. The minimum Gasteiger partial charge on any atom is -0.396 e. The lowest BCUT2D eigenvalue weighted by Gasteiger charge is -2.21. The number of anilines is 1. The third-order valence-corrected chi connectivity index (χ3v) is 3.98. The Morgan fingerprint density at radius 2 is 1.83 bits per heavy atom. The number of nitrogens with one attached hydrogen (secondary N) is 2. The first-order chi connectivity index (χ1) is 10.9. The van der Waals surface area contributed by atoms with Gasteiger partial charge in [0, 0.05) is 18.3 Å². The van der Waals surface area contributed by atoms with E-state index in [0.717, 1.165) is 24.0 Å². The molecule has 0 aliphatic heterocycles. The van der Waals surface area contributed by atoms with Gasteiger partial charge in [0.15, 0.2) is 0 Å². The van der Waals surface area contributed by atoms with Crippen LogP contribution in [0.1, 0.15) is 45.2 Å². The fraction of sp³-hybridized carbons (Fsp3) is 0.556. The highest BCUT2D eigenvalue weighted by atomic mass is 16.3. The van der Waals surface area contributed by atoms with Gasteiger partial charge in [-0.15, -0.1) is 0 Å². The molecule has 0 aliphatic carbocycles. The second-order valence-electron chi connectivity index (χ2n) is 5.99. The molecule has 0 fully saturated rings. The first-order valence-corrected chi connectivity index (χ1v) is 8.27. The molecule has 23 heavy (non-hydrogen) atoms. The SMILES string of the molecule is CCc1ccc(CC)c(NC(=O)C(=O)NC(CCO)C(C)C)c1. The molecule has 0 saturated carbocycles. The van der Waals surface area contributed by atoms with Gasteiger partial charge in [0.2, 0.25) is 0 Å². The third kappa shape index (κ3) is 5.67. The van der Waals surface area contributed by atoms with Crippen LogP contribution in [-0.2, 0) is 22.4 Å². The molecule has 0 saturated heterocycles. The quantitative estimate of drug-likeness (QED) is 0.674. The summed E-state index contributed by atoms with van der Waals surface area (Å²) in [5.74, 6) is -1.19. The maximum Gasteiger partial charge on any atom is 0.313 e. The van der Waals surface area contributed by atoms with Gasteiger partial charge >= 0.3 is 11.8 Å². The van der Waals surface area contributed by atoms with Crippen LogP contribution in [0.5, 0.6) is 0 Å². The van der Waals surface area contributed by atoms with Crippen LogP contribution in [0.15, 0.2) is 18.2 Å². The Labute approximate surface area is 138 Å². The zero-order chi connectivity index (χ0) is 17.4. The molecule has 1 aromatic rings. The van der Waals surface area contributed by atoms with Crippen LogP contribution in [0.4, 0.5) is 5.69 Å². The van der Waals surface area contributed by atoms with Gasteiger partial charge in [-0.05, 0) is 42.4 Å². The molecule has 128 valence electrons. The first kappa shape index (κ1) is 19.2. The van der Waals surface area contributed by atoms with Crippen LogP contribution in [0, 0.1) is 5.92 Å². The number of rotatable bonds is 7. The summed E-state index contributed by atoms with van der Waals surface area (Å²) in [7, 11) is 0. The van der Waals surface area contributed by atoms with Crippen molar-refractivity contribution in [1.29, 1.82) is 0 Å². The summed E-state index contributed by atoms with van der Waals surface area (Å²) in [6, 6.07) is 5.71. The number of hydrogen-bond donors (Lipinski definition) is 3. The van der Waals surface area contributed by atoms with Crippen LogP contribution in [0.2, 0.25) is 0 Å². The molecular weight excluding hydrogens is 292 g/mol. The van der Waals surface area contributed by atoms with Crippen molar-refractivity contribution in [3.05, 3.63) is 29.3 Å². The Bertz CT molecular complexity index is 541. The molecule has 1 aromatic carbocycles. The summed E-state index contributed by atoms with van der Waals surface area (Å²) in [5, 5.41) is 14.4. The third-order valence-electron chi connectivity index (χ3n) is 3.98. The predicted molar refractivity (Wildman–Crippen MR) is 92.3 cm³/mol. The van der Waals surface area contributed by atoms with E-state index in [2.05, 4.69) is 10.6 Å². The molecule has 2 amide bonds. The zero-order valence-corrected chi connectivity index (χ0v) is 14.5. The Morgan fingerprint density at radius 1 is 1.13 bits per heavy atom. The van der Waals surface area contributed by atoms with Crippen molar-refractivity contribution >= 4 is 17.5 Å². The van der Waals surface area contributed by atoms with Gasteiger partial charge in [0.05, 0.1) is 0 Å². The van der Waals surface area contributed by atoms with Gasteiger partial charge in [-0.3, -0.25) is 9.59 Å². The number of amides is 2. The molecule has 5 nitrogen and oxygen atoms in total. The topological polar surface area (TPSA) is 78.4 Å². The fourth-order valence-corrected chi connectivity index (χ4v) is 2.39. The van der Waals surface area contributed by atoms with E-state index >= 15 is 0 Å². The van der Waals surface area contributed by atoms with Crippen molar-refractivity contribution < 1.29 is 14.7 Å². The monoisotopic (exact) mass is 320 g/mol. The maximum absolute atomic E-state index is 12.2. The number of aliphatic hydroxyl groups excluding tert-OH is 1. The van der Waals surface area contributed by atoms with Crippen molar-refractivity contribution in [1.82, 2.24) is 5.32 Å². The van der Waals surface area contributed by atoms with Crippen molar-refractivity contribution in [2.75, 3.05) is 11.9 Å². The number of benzene rings is 1. The highest BCUT2D eigenvalue weighted by molar-refractivity contribution is 6.39. The molecule has 1 atom stereocenters. The van der Waals surface area contributed by atoms with Crippen molar-refractivity contribution in [3.63, 3.8) is 0 Å². The highest BCUT2D eigenvalue weighted by Gasteiger charge is 2.21. The summed E-state index contributed by atoms with van der Waals surface area (Å²) < 4.78 is 0. The second kappa shape index (κ2) is 9.30. The van der Waals surface area contributed by atoms with Gasteiger partial charge in [0.25, 0.3) is 0 Å². The van der Waals surface area contributed by atoms with E-state index in [1.807, 2.05) is 45.9 Å². The summed E-state index contributed by atoms with van der Waals surface area (Å²) in [6.45, 7) is 7.91. The number of carbonyl (C=O) groups excluding carboxylic acids is 2. The molecule has 0 heterocycles. The summed E-state index contributed by atoms with van der Waals surface area (Å²) >= 11 is 0. The van der Waals surface area contributed by atoms with E-state index in [9.17, 15) is 9.59 Å². The number of aliphatic hydroxyl groups is 1. The molecule has 0 aliphatic rings. The Hall–Kier alpha value is -1.88. The molecule has 0 spiro atoms. The smallest absolute Gasteiger partial charge is 0.313 e. The maximum atomic E-state index is 12.2. The lowest BCUT2D eigenvalue weighted by atomic mass is 10.0. The van der Waals surface area contributed by atoms with E-state index in [0.29, 0.717) is 12.1 Å². The first-order valence-electron chi connectivity index (χ1n) is 8.27. The fourth-order valence-electron chi connectivity index (χ4n) is 2.39. The summed E-state index contributed by atoms with van der Waals surface area (Å²) in [6.07, 6.45) is 2.08. The van der Waals surface area contributed by atoms with E-state index in [-0.39, 0.29) is 18.6 Å². The lowest BCUT2D eigenvalue weighted by Crippen LogP contribution is -2.44. The molecule has 1 rings (SSSR count). The summed E-state index contributed by atoms with van der Waals surface area (Å²) in [5.41, 5.74) is 2.80. The van der Waals surface area contributed by atoms with Crippen LogP contribution < -0.4 is 10.6 Å². The van der Waals surface area contributed by atoms with Crippen molar-refractivity contribution in [2.45, 2.75) is 53.0 Å². The van der Waals surface area contributed by atoms with Gasteiger partial charge < -0.3 is 15.7 Å². The van der Waals surface area contributed by atoms with Gasteiger partial charge in [-0.25, -0.2) is 0 Å². The minimum atomic E-state index is -0.670. The Kier molecular flexibility index (Phi) is 7.75.